The predicted octanol–water partition coefficient (Wildman–Crippen LogP) is 3.54. The molecule has 2 aromatic carbocycles. The first-order chi connectivity index (χ1) is 10.2. The summed E-state index contributed by atoms with van der Waals surface area (Å²) in [6, 6.07) is 17.3. The Morgan fingerprint density at radius 3 is 2.29 bits per heavy atom. The number of nitrogens with one attached hydrogen (secondary N) is 1. The standard InChI is InChI=1S/C16H16N4O/c1-20-11-15(17)16(19-20)18-12-7-9-14(10-8-12)21-13-5-3-2-4-6-13/h2-11H,17H2,1H3,(H,18,19). The molecule has 0 aliphatic carbocycles. The highest BCUT2D eigenvalue weighted by molar-refractivity contribution is 5.68. The van der Waals surface area contributed by atoms with Crippen molar-refractivity contribution in [3.05, 3.63) is 60.8 Å². The lowest BCUT2D eigenvalue weighted by atomic mass is 10.3. The highest BCUT2D eigenvalue weighted by Crippen LogP contribution is 2.25. The average Bonchev–Trinajstić information content (AvgIpc) is 2.80. The quantitative estimate of drug-likeness (QED) is 0.767. The zero-order chi connectivity index (χ0) is 14.7. The van der Waals surface area contributed by atoms with E-state index in [1.807, 2.05) is 61.6 Å². The monoisotopic (exact) mass is 280 g/mol. The average molecular weight is 280 g/mol. The molecular formula is C16H16N4O. The minimum absolute atomic E-state index is 0.613. The van der Waals surface area contributed by atoms with Crippen molar-refractivity contribution in [3.8, 4) is 11.5 Å². The van der Waals surface area contributed by atoms with Crippen LogP contribution < -0.4 is 15.8 Å². The number of ether oxygens (including phenoxy) is 1. The van der Waals surface area contributed by atoms with Gasteiger partial charge in [-0.05, 0) is 36.4 Å². The Hall–Kier alpha value is -2.95. The molecular weight excluding hydrogens is 264 g/mol. The van der Waals surface area contributed by atoms with Crippen molar-refractivity contribution in [1.29, 1.82) is 0 Å². The van der Waals surface area contributed by atoms with Crippen LogP contribution in [0, 0.1) is 0 Å². The van der Waals surface area contributed by atoms with E-state index in [9.17, 15) is 0 Å². The Kier molecular flexibility index (Phi) is 3.47. The largest absolute Gasteiger partial charge is 0.457 e. The Balaban J connectivity index is 1.71. The fraction of sp³-hybridized carbons (Fsp3) is 0.0625. The van der Waals surface area contributed by atoms with Crippen LogP contribution in [0.4, 0.5) is 17.2 Å². The topological polar surface area (TPSA) is 65.1 Å². The van der Waals surface area contributed by atoms with Gasteiger partial charge in [-0.25, -0.2) is 0 Å². The molecule has 21 heavy (non-hydrogen) atoms. The lowest BCUT2D eigenvalue weighted by Crippen LogP contribution is -1.95. The lowest BCUT2D eigenvalue weighted by molar-refractivity contribution is 0.483. The molecule has 106 valence electrons. The Morgan fingerprint density at radius 1 is 1.00 bits per heavy atom. The van der Waals surface area contributed by atoms with Crippen molar-refractivity contribution in [2.24, 2.45) is 7.05 Å². The van der Waals surface area contributed by atoms with Gasteiger partial charge in [0.25, 0.3) is 0 Å². The van der Waals surface area contributed by atoms with Crippen molar-refractivity contribution in [1.82, 2.24) is 9.78 Å². The molecule has 1 aromatic heterocycles. The fourth-order valence-electron chi connectivity index (χ4n) is 1.97. The molecule has 5 heteroatoms. The number of rotatable bonds is 4. The van der Waals surface area contributed by atoms with Crippen LogP contribution in [-0.4, -0.2) is 9.78 Å². The maximum atomic E-state index is 5.85. The van der Waals surface area contributed by atoms with Crippen LogP contribution in [0.5, 0.6) is 11.5 Å². The lowest BCUT2D eigenvalue weighted by Gasteiger charge is -2.07. The summed E-state index contributed by atoms with van der Waals surface area (Å²) in [5, 5.41) is 7.42. The van der Waals surface area contributed by atoms with Crippen LogP contribution in [0.1, 0.15) is 0 Å². The van der Waals surface area contributed by atoms with Gasteiger partial charge >= 0.3 is 0 Å². The molecule has 0 aliphatic heterocycles. The first-order valence-electron chi connectivity index (χ1n) is 6.60. The number of nitrogens with two attached hydrogens (primary N) is 1. The number of hydrogen-bond donors (Lipinski definition) is 2. The molecule has 0 aliphatic rings. The third-order valence-corrected chi connectivity index (χ3v) is 2.95. The number of nitrogen functional groups attached to an aromatic ring is 1. The van der Waals surface area contributed by atoms with Gasteiger partial charge in [-0.1, -0.05) is 18.2 Å². The minimum Gasteiger partial charge on any atom is -0.457 e. The molecule has 3 N–H and O–H groups in total. The summed E-state index contributed by atoms with van der Waals surface area (Å²) in [5.41, 5.74) is 7.37. The number of aromatic nitrogens is 2. The van der Waals surface area contributed by atoms with Crippen molar-refractivity contribution in [2.75, 3.05) is 11.1 Å². The van der Waals surface area contributed by atoms with Gasteiger partial charge < -0.3 is 15.8 Å². The third-order valence-electron chi connectivity index (χ3n) is 2.95. The summed E-state index contributed by atoms with van der Waals surface area (Å²) in [7, 11) is 1.83. The van der Waals surface area contributed by atoms with Gasteiger partial charge in [-0.2, -0.15) is 5.10 Å². The zero-order valence-electron chi connectivity index (χ0n) is 11.7. The summed E-state index contributed by atoms with van der Waals surface area (Å²) in [5.74, 6) is 2.24. The minimum atomic E-state index is 0.613. The van der Waals surface area contributed by atoms with Crippen LogP contribution in [0.3, 0.4) is 0 Å². The van der Waals surface area contributed by atoms with Crippen LogP contribution in [0.2, 0.25) is 0 Å². The summed E-state index contributed by atoms with van der Waals surface area (Å²) in [4.78, 5) is 0. The summed E-state index contributed by atoms with van der Waals surface area (Å²) in [6.45, 7) is 0. The molecule has 0 bridgehead atoms. The molecule has 0 amide bonds. The molecule has 1 heterocycles. The second-order valence-corrected chi connectivity index (χ2v) is 4.67. The number of para-hydroxylation sites is 1. The van der Waals surface area contributed by atoms with Crippen molar-refractivity contribution < 1.29 is 4.74 Å². The second-order valence-electron chi connectivity index (χ2n) is 4.67. The van der Waals surface area contributed by atoms with Gasteiger partial charge in [0.2, 0.25) is 0 Å². The maximum absolute atomic E-state index is 5.85. The van der Waals surface area contributed by atoms with Gasteiger partial charge in [-0.3, -0.25) is 4.68 Å². The van der Waals surface area contributed by atoms with E-state index in [1.54, 1.807) is 10.9 Å². The summed E-state index contributed by atoms with van der Waals surface area (Å²) >= 11 is 0. The van der Waals surface area contributed by atoms with E-state index in [1.165, 1.54) is 0 Å². The number of nitrogens with zero attached hydrogens (tertiary/aromatic N) is 2. The van der Waals surface area contributed by atoms with Crippen molar-refractivity contribution in [3.63, 3.8) is 0 Å². The number of aryl methyl sites for hydroxylation is 1. The predicted molar refractivity (Wildman–Crippen MR) is 83.9 cm³/mol. The Morgan fingerprint density at radius 2 is 1.67 bits per heavy atom. The van der Waals surface area contributed by atoms with Crippen LogP contribution >= 0.6 is 0 Å². The van der Waals surface area contributed by atoms with E-state index < -0.39 is 0 Å². The molecule has 3 rings (SSSR count). The maximum Gasteiger partial charge on any atom is 0.175 e. The van der Waals surface area contributed by atoms with Crippen molar-refractivity contribution in [2.45, 2.75) is 0 Å². The highest BCUT2D eigenvalue weighted by Gasteiger charge is 2.04. The molecule has 0 unspecified atom stereocenters. The van der Waals surface area contributed by atoms with Gasteiger partial charge in [0, 0.05) is 18.9 Å². The molecule has 5 nitrogen and oxygen atoms in total. The van der Waals surface area contributed by atoms with Gasteiger partial charge in [0.05, 0.1) is 5.69 Å². The number of benzene rings is 2. The van der Waals surface area contributed by atoms with Crippen LogP contribution in [0.25, 0.3) is 0 Å². The number of hydrogen-bond acceptors (Lipinski definition) is 4. The highest BCUT2D eigenvalue weighted by atomic mass is 16.5. The molecule has 0 fully saturated rings. The fourth-order valence-corrected chi connectivity index (χ4v) is 1.97. The van der Waals surface area contributed by atoms with Crippen LogP contribution in [0.15, 0.2) is 60.8 Å². The number of anilines is 3. The normalized spacial score (nSPS) is 10.3. The molecule has 0 saturated heterocycles. The Labute approximate surface area is 123 Å². The molecule has 0 atom stereocenters. The van der Waals surface area contributed by atoms with E-state index in [0.717, 1.165) is 17.2 Å². The van der Waals surface area contributed by atoms with Gasteiger partial charge in [0.1, 0.15) is 11.5 Å². The van der Waals surface area contributed by atoms with E-state index in [-0.39, 0.29) is 0 Å². The Bertz CT molecular complexity index is 720. The first-order valence-corrected chi connectivity index (χ1v) is 6.60. The molecule has 0 saturated carbocycles. The SMILES string of the molecule is Cn1cc(N)c(Nc2ccc(Oc3ccccc3)cc2)n1. The second kappa shape index (κ2) is 5.58. The summed E-state index contributed by atoms with van der Waals surface area (Å²) < 4.78 is 7.41. The third kappa shape index (κ3) is 3.14. The van der Waals surface area contributed by atoms with E-state index in [2.05, 4.69) is 10.4 Å². The van der Waals surface area contributed by atoms with Gasteiger partial charge in [-0.15, -0.1) is 0 Å². The zero-order valence-corrected chi connectivity index (χ0v) is 11.7. The first kappa shape index (κ1) is 13.1. The molecule has 0 radical (unpaired) electrons. The van der Waals surface area contributed by atoms with E-state index in [4.69, 9.17) is 10.5 Å². The van der Waals surface area contributed by atoms with E-state index >= 15 is 0 Å². The van der Waals surface area contributed by atoms with Crippen molar-refractivity contribution >= 4 is 17.2 Å². The van der Waals surface area contributed by atoms with E-state index in [0.29, 0.717) is 11.5 Å². The van der Waals surface area contributed by atoms with Crippen LogP contribution in [-0.2, 0) is 7.05 Å². The molecule has 3 aromatic rings. The van der Waals surface area contributed by atoms with Gasteiger partial charge in [0.15, 0.2) is 5.82 Å². The summed E-state index contributed by atoms with van der Waals surface area (Å²) in [6.07, 6.45) is 1.76. The smallest absolute Gasteiger partial charge is 0.175 e. The molecule has 0 spiro atoms.